The number of para-hydroxylation sites is 1. The Balaban J connectivity index is 1.37. The molecule has 0 spiro atoms. The predicted octanol–water partition coefficient (Wildman–Crippen LogP) is 2.69. The van der Waals surface area contributed by atoms with Gasteiger partial charge in [0.05, 0.1) is 10.9 Å². The number of piperazine rings is 1. The average molecular weight is 440 g/mol. The summed E-state index contributed by atoms with van der Waals surface area (Å²) in [5.41, 5.74) is 2.42. The van der Waals surface area contributed by atoms with Gasteiger partial charge in [0.15, 0.2) is 0 Å². The van der Waals surface area contributed by atoms with E-state index in [1.54, 1.807) is 11.0 Å². The molecule has 1 amide bonds. The van der Waals surface area contributed by atoms with Crippen molar-refractivity contribution < 1.29 is 13.2 Å². The largest absolute Gasteiger partial charge is 0.362 e. The first-order chi connectivity index (χ1) is 13.4. The molecule has 6 nitrogen and oxygen atoms in total. The minimum Gasteiger partial charge on any atom is -0.362 e. The van der Waals surface area contributed by atoms with Crippen LogP contribution in [0.5, 0.6) is 0 Å². The van der Waals surface area contributed by atoms with Gasteiger partial charge in [-0.2, -0.15) is 4.31 Å². The third-order valence-corrected chi connectivity index (χ3v) is 8.86. The van der Waals surface area contributed by atoms with E-state index in [4.69, 9.17) is 11.6 Å². The summed E-state index contributed by atoms with van der Waals surface area (Å²) in [7, 11) is -3.54. The Morgan fingerprint density at radius 1 is 1.04 bits per heavy atom. The number of amides is 1. The normalized spacial score (nSPS) is 18.2. The quantitative estimate of drug-likeness (QED) is 0.734. The van der Waals surface area contributed by atoms with Crippen molar-refractivity contribution in [2.45, 2.75) is 17.1 Å². The first-order valence-electron chi connectivity index (χ1n) is 9.31. The molecule has 3 heterocycles. The number of benzene rings is 1. The standard InChI is InChI=1S/C19H22ClN3O3S2/c20-17-7-8-19(27-17)28(25,26)23-12-10-21(11-13-23)18(24)14-22-9-3-5-15-4-1-2-6-16(15)22/h1-2,4,6-8H,3,5,9-14H2. The lowest BCUT2D eigenvalue weighted by Gasteiger charge is -2.36. The molecule has 1 aromatic heterocycles. The van der Waals surface area contributed by atoms with E-state index in [9.17, 15) is 13.2 Å². The number of anilines is 1. The molecule has 28 heavy (non-hydrogen) atoms. The molecule has 1 saturated heterocycles. The van der Waals surface area contributed by atoms with Gasteiger partial charge in [0.1, 0.15) is 4.21 Å². The lowest BCUT2D eigenvalue weighted by atomic mass is 10.0. The number of nitrogens with zero attached hydrogens (tertiary/aromatic N) is 3. The van der Waals surface area contributed by atoms with E-state index in [1.807, 2.05) is 12.1 Å². The summed E-state index contributed by atoms with van der Waals surface area (Å²) in [4.78, 5) is 16.7. The van der Waals surface area contributed by atoms with Crippen molar-refractivity contribution in [3.8, 4) is 0 Å². The second kappa shape index (κ2) is 8.02. The number of thiophene rings is 1. The molecule has 1 fully saturated rings. The summed E-state index contributed by atoms with van der Waals surface area (Å²) in [5.74, 6) is 0.0490. The summed E-state index contributed by atoms with van der Waals surface area (Å²) in [6.07, 6.45) is 2.09. The highest BCUT2D eigenvalue weighted by Crippen LogP contribution is 2.29. The van der Waals surface area contributed by atoms with Gasteiger partial charge in [0, 0.05) is 38.4 Å². The third kappa shape index (κ3) is 3.91. The van der Waals surface area contributed by atoms with E-state index in [2.05, 4.69) is 17.0 Å². The topological polar surface area (TPSA) is 60.9 Å². The number of aryl methyl sites for hydroxylation is 1. The number of hydrogen-bond donors (Lipinski definition) is 0. The SMILES string of the molecule is O=C(CN1CCCc2ccccc21)N1CCN(S(=O)(=O)c2ccc(Cl)s2)CC1. The van der Waals surface area contributed by atoms with Crippen LogP contribution in [0.25, 0.3) is 0 Å². The van der Waals surface area contributed by atoms with Crippen LogP contribution in [0.2, 0.25) is 4.34 Å². The number of sulfonamides is 1. The third-order valence-electron chi connectivity index (χ3n) is 5.27. The minimum atomic E-state index is -3.54. The maximum Gasteiger partial charge on any atom is 0.252 e. The van der Waals surface area contributed by atoms with Crippen molar-refractivity contribution in [1.29, 1.82) is 0 Å². The smallest absolute Gasteiger partial charge is 0.252 e. The van der Waals surface area contributed by atoms with Crippen LogP contribution in [0.15, 0.2) is 40.6 Å². The van der Waals surface area contributed by atoms with Crippen molar-refractivity contribution in [2.75, 3.05) is 44.2 Å². The van der Waals surface area contributed by atoms with Gasteiger partial charge in [0.2, 0.25) is 5.91 Å². The van der Waals surface area contributed by atoms with Crippen LogP contribution in [-0.2, 0) is 21.2 Å². The molecule has 0 bridgehead atoms. The van der Waals surface area contributed by atoms with E-state index in [0.29, 0.717) is 37.1 Å². The van der Waals surface area contributed by atoms with Gasteiger partial charge < -0.3 is 9.80 Å². The van der Waals surface area contributed by atoms with E-state index >= 15 is 0 Å². The van der Waals surface area contributed by atoms with Gasteiger partial charge in [-0.15, -0.1) is 11.3 Å². The molecule has 0 saturated carbocycles. The number of carbonyl (C=O) groups is 1. The Hall–Kier alpha value is -1.61. The summed E-state index contributed by atoms with van der Waals surface area (Å²) >= 11 is 6.94. The van der Waals surface area contributed by atoms with Gasteiger partial charge in [0.25, 0.3) is 10.0 Å². The number of halogens is 1. The van der Waals surface area contributed by atoms with Gasteiger partial charge in [-0.3, -0.25) is 4.79 Å². The van der Waals surface area contributed by atoms with Crippen LogP contribution < -0.4 is 4.90 Å². The summed E-state index contributed by atoms with van der Waals surface area (Å²) in [6, 6.07) is 11.3. The van der Waals surface area contributed by atoms with E-state index in [1.165, 1.54) is 15.9 Å². The van der Waals surface area contributed by atoms with Gasteiger partial charge in [-0.05, 0) is 36.6 Å². The number of carbonyl (C=O) groups excluding carboxylic acids is 1. The van der Waals surface area contributed by atoms with Crippen molar-refractivity contribution >= 4 is 44.6 Å². The Morgan fingerprint density at radius 3 is 2.50 bits per heavy atom. The first kappa shape index (κ1) is 19.7. The molecule has 2 aliphatic heterocycles. The van der Waals surface area contributed by atoms with Crippen LogP contribution in [0, 0.1) is 0 Å². The molecule has 0 N–H and O–H groups in total. The number of rotatable bonds is 4. The summed E-state index contributed by atoms with van der Waals surface area (Å²) < 4.78 is 27.5. The van der Waals surface area contributed by atoms with E-state index in [0.717, 1.165) is 36.4 Å². The lowest BCUT2D eigenvalue weighted by molar-refractivity contribution is -0.130. The maximum atomic E-state index is 12.8. The zero-order chi connectivity index (χ0) is 19.7. The molecular formula is C19H22ClN3O3S2. The maximum absolute atomic E-state index is 12.8. The second-order valence-electron chi connectivity index (χ2n) is 7.00. The van der Waals surface area contributed by atoms with Crippen molar-refractivity contribution in [3.63, 3.8) is 0 Å². The Morgan fingerprint density at radius 2 is 1.79 bits per heavy atom. The number of hydrogen-bond acceptors (Lipinski definition) is 5. The van der Waals surface area contributed by atoms with Crippen LogP contribution >= 0.6 is 22.9 Å². The molecule has 1 aromatic carbocycles. The molecule has 0 unspecified atom stereocenters. The lowest BCUT2D eigenvalue weighted by Crippen LogP contribution is -2.52. The van der Waals surface area contributed by atoms with Crippen LogP contribution in [-0.4, -0.2) is 62.8 Å². The average Bonchev–Trinajstić information content (AvgIpc) is 3.15. The predicted molar refractivity (Wildman–Crippen MR) is 112 cm³/mol. The highest BCUT2D eigenvalue weighted by Gasteiger charge is 2.31. The second-order valence-corrected chi connectivity index (χ2v) is 10.9. The minimum absolute atomic E-state index is 0.0490. The fraction of sp³-hybridized carbons (Fsp3) is 0.421. The fourth-order valence-corrected chi connectivity index (χ4v) is 6.84. The first-order valence-corrected chi connectivity index (χ1v) is 11.9. The Kier molecular flexibility index (Phi) is 5.64. The van der Waals surface area contributed by atoms with Crippen LogP contribution in [0.3, 0.4) is 0 Å². The number of fused-ring (bicyclic) bond motifs is 1. The molecular weight excluding hydrogens is 418 g/mol. The molecule has 4 rings (SSSR count). The van der Waals surface area contributed by atoms with Gasteiger partial charge >= 0.3 is 0 Å². The van der Waals surface area contributed by atoms with Crippen LogP contribution in [0.1, 0.15) is 12.0 Å². The molecule has 0 atom stereocenters. The summed E-state index contributed by atoms with van der Waals surface area (Å²) in [6.45, 7) is 2.64. The van der Waals surface area contributed by atoms with Crippen molar-refractivity contribution in [1.82, 2.24) is 9.21 Å². The van der Waals surface area contributed by atoms with Gasteiger partial charge in [-0.25, -0.2) is 8.42 Å². The van der Waals surface area contributed by atoms with Crippen LogP contribution in [0.4, 0.5) is 5.69 Å². The molecule has 9 heteroatoms. The Labute approximate surface area is 174 Å². The molecule has 0 radical (unpaired) electrons. The van der Waals surface area contributed by atoms with Crippen molar-refractivity contribution in [2.24, 2.45) is 0 Å². The van der Waals surface area contributed by atoms with E-state index < -0.39 is 10.0 Å². The zero-order valence-electron chi connectivity index (χ0n) is 15.4. The summed E-state index contributed by atoms with van der Waals surface area (Å²) in [5, 5.41) is 0. The highest BCUT2D eigenvalue weighted by atomic mass is 35.5. The zero-order valence-corrected chi connectivity index (χ0v) is 17.8. The fourth-order valence-electron chi connectivity index (χ4n) is 3.78. The molecule has 2 aromatic rings. The monoisotopic (exact) mass is 439 g/mol. The Bertz CT molecular complexity index is 968. The van der Waals surface area contributed by atoms with E-state index in [-0.39, 0.29) is 10.1 Å². The molecule has 2 aliphatic rings. The highest BCUT2D eigenvalue weighted by molar-refractivity contribution is 7.91. The van der Waals surface area contributed by atoms with Crippen molar-refractivity contribution in [3.05, 3.63) is 46.3 Å². The van der Waals surface area contributed by atoms with Gasteiger partial charge in [-0.1, -0.05) is 29.8 Å². The molecule has 0 aliphatic carbocycles. The molecule has 150 valence electrons.